The van der Waals surface area contributed by atoms with Crippen LogP contribution in [0.5, 0.6) is 0 Å². The van der Waals surface area contributed by atoms with Gasteiger partial charge in [-0.1, -0.05) is 27.7 Å². The van der Waals surface area contributed by atoms with Crippen molar-refractivity contribution >= 4 is 11.6 Å². The summed E-state index contributed by atoms with van der Waals surface area (Å²) in [6.07, 6.45) is 1.14. The first-order chi connectivity index (χ1) is 9.35. The molecule has 0 fully saturated rings. The smallest absolute Gasteiger partial charge is 0.135 e. The molecule has 0 saturated heterocycles. The number of hydrogen-bond acceptors (Lipinski definition) is 4. The van der Waals surface area contributed by atoms with E-state index in [1.165, 1.54) is 0 Å². The maximum Gasteiger partial charge on any atom is 0.135 e. The number of anilines is 2. The lowest BCUT2D eigenvalue weighted by Gasteiger charge is -2.20. The van der Waals surface area contributed by atoms with Gasteiger partial charge >= 0.3 is 0 Å². The van der Waals surface area contributed by atoms with Crippen LogP contribution in [0, 0.1) is 12.8 Å². The molecule has 2 N–H and O–H groups in total. The van der Waals surface area contributed by atoms with E-state index in [0.717, 1.165) is 36.0 Å². The molecule has 0 radical (unpaired) electrons. The lowest BCUT2D eigenvalue weighted by molar-refractivity contribution is 0.538. The third-order valence-corrected chi connectivity index (χ3v) is 3.23. The Kier molecular flexibility index (Phi) is 6.24. The number of nitrogens with zero attached hydrogens (tertiary/aromatic N) is 2. The van der Waals surface area contributed by atoms with E-state index in [1.807, 2.05) is 0 Å². The van der Waals surface area contributed by atoms with Crippen molar-refractivity contribution in [2.45, 2.75) is 66.8 Å². The van der Waals surface area contributed by atoms with Crippen molar-refractivity contribution in [2.24, 2.45) is 5.92 Å². The van der Waals surface area contributed by atoms with Crippen LogP contribution in [0.25, 0.3) is 0 Å². The van der Waals surface area contributed by atoms with Crippen molar-refractivity contribution in [1.82, 2.24) is 9.97 Å². The van der Waals surface area contributed by atoms with E-state index < -0.39 is 0 Å². The summed E-state index contributed by atoms with van der Waals surface area (Å²) >= 11 is 0. The van der Waals surface area contributed by atoms with E-state index in [-0.39, 0.29) is 0 Å². The number of nitrogens with one attached hydrogen (secondary N) is 2. The lowest BCUT2D eigenvalue weighted by Crippen LogP contribution is -2.20. The van der Waals surface area contributed by atoms with E-state index in [9.17, 15) is 0 Å². The van der Waals surface area contributed by atoms with Crippen LogP contribution in [0.1, 0.15) is 65.3 Å². The molecule has 0 spiro atoms. The first kappa shape index (κ1) is 16.7. The van der Waals surface area contributed by atoms with E-state index in [4.69, 9.17) is 4.98 Å². The molecule has 1 rings (SSSR count). The van der Waals surface area contributed by atoms with Crippen LogP contribution in [0.4, 0.5) is 11.6 Å². The molecule has 1 aromatic heterocycles. The van der Waals surface area contributed by atoms with Gasteiger partial charge in [-0.25, -0.2) is 9.97 Å². The quantitative estimate of drug-likeness (QED) is 0.785. The van der Waals surface area contributed by atoms with Gasteiger partial charge in [-0.2, -0.15) is 0 Å². The monoisotopic (exact) mass is 278 g/mol. The second kappa shape index (κ2) is 7.46. The largest absolute Gasteiger partial charge is 0.370 e. The van der Waals surface area contributed by atoms with Crippen LogP contribution < -0.4 is 10.6 Å². The zero-order valence-corrected chi connectivity index (χ0v) is 14.0. The highest BCUT2D eigenvalue weighted by atomic mass is 15.1. The summed E-state index contributed by atoms with van der Waals surface area (Å²) in [5, 5.41) is 6.88. The second-order valence-electron chi connectivity index (χ2n) is 6.26. The van der Waals surface area contributed by atoms with E-state index in [1.54, 1.807) is 0 Å². The minimum absolute atomic E-state index is 0.328. The molecule has 1 atom stereocenters. The van der Waals surface area contributed by atoms with Crippen molar-refractivity contribution in [1.29, 1.82) is 0 Å². The summed E-state index contributed by atoms with van der Waals surface area (Å²) in [6.45, 7) is 16.0. The Bertz CT molecular complexity index is 427. The van der Waals surface area contributed by atoms with Gasteiger partial charge in [0.05, 0.1) is 0 Å². The normalized spacial score (nSPS) is 12.8. The first-order valence-electron chi connectivity index (χ1n) is 7.74. The van der Waals surface area contributed by atoms with E-state index in [2.05, 4.69) is 64.1 Å². The maximum absolute atomic E-state index is 4.70. The van der Waals surface area contributed by atoms with Crippen LogP contribution in [0.2, 0.25) is 0 Å². The summed E-state index contributed by atoms with van der Waals surface area (Å²) in [5.41, 5.74) is 1.10. The topological polar surface area (TPSA) is 49.8 Å². The fraction of sp³-hybridized carbons (Fsp3) is 0.750. The van der Waals surface area contributed by atoms with Crippen molar-refractivity contribution in [3.8, 4) is 0 Å². The molecule has 20 heavy (non-hydrogen) atoms. The highest BCUT2D eigenvalue weighted by Crippen LogP contribution is 2.24. The zero-order chi connectivity index (χ0) is 15.3. The Balaban J connectivity index is 3.03. The Labute approximate surface area is 123 Å². The van der Waals surface area contributed by atoms with Crippen molar-refractivity contribution in [3.05, 3.63) is 11.4 Å². The van der Waals surface area contributed by atoms with Crippen LogP contribution in [-0.2, 0) is 0 Å². The molecule has 114 valence electrons. The first-order valence-corrected chi connectivity index (χ1v) is 7.74. The van der Waals surface area contributed by atoms with Gasteiger partial charge in [0.1, 0.15) is 17.5 Å². The molecule has 0 amide bonds. The van der Waals surface area contributed by atoms with Gasteiger partial charge in [0, 0.05) is 24.1 Å². The molecule has 0 bridgehead atoms. The Hall–Kier alpha value is -1.32. The summed E-state index contributed by atoms with van der Waals surface area (Å²) < 4.78 is 0. The predicted molar refractivity (Wildman–Crippen MR) is 87.6 cm³/mol. The van der Waals surface area contributed by atoms with E-state index >= 15 is 0 Å². The van der Waals surface area contributed by atoms with Crippen molar-refractivity contribution in [3.63, 3.8) is 0 Å². The molecular formula is C16H30N4. The number of aromatic nitrogens is 2. The van der Waals surface area contributed by atoms with Crippen molar-refractivity contribution < 1.29 is 0 Å². The third-order valence-electron chi connectivity index (χ3n) is 3.23. The number of rotatable bonds is 7. The molecule has 0 aliphatic carbocycles. The Morgan fingerprint density at radius 3 is 2.10 bits per heavy atom. The molecule has 0 aromatic carbocycles. The molecule has 0 aliphatic heterocycles. The maximum atomic E-state index is 4.70. The average Bonchev–Trinajstić information content (AvgIpc) is 2.32. The molecule has 1 heterocycles. The third kappa shape index (κ3) is 4.66. The second-order valence-corrected chi connectivity index (χ2v) is 6.26. The minimum atomic E-state index is 0.328. The Morgan fingerprint density at radius 1 is 1.00 bits per heavy atom. The molecule has 1 aromatic rings. The summed E-state index contributed by atoms with van der Waals surface area (Å²) in [5.74, 6) is 3.82. The summed E-state index contributed by atoms with van der Waals surface area (Å²) in [7, 11) is 0. The van der Waals surface area contributed by atoms with Crippen LogP contribution >= 0.6 is 0 Å². The number of hydrogen-bond donors (Lipinski definition) is 2. The zero-order valence-electron chi connectivity index (χ0n) is 14.0. The van der Waals surface area contributed by atoms with Crippen molar-refractivity contribution in [2.75, 3.05) is 17.2 Å². The molecule has 1 unspecified atom stereocenters. The van der Waals surface area contributed by atoms with Crippen LogP contribution in [-0.4, -0.2) is 22.6 Å². The van der Waals surface area contributed by atoms with Gasteiger partial charge in [-0.3, -0.25) is 0 Å². The highest BCUT2D eigenvalue weighted by Gasteiger charge is 2.14. The minimum Gasteiger partial charge on any atom is -0.370 e. The summed E-state index contributed by atoms with van der Waals surface area (Å²) in [6, 6.07) is 0.415. The van der Waals surface area contributed by atoms with Crippen LogP contribution in [0.15, 0.2) is 0 Å². The SMILES string of the molecule is CCNc1nc(C(C)C)nc(NC(C)CC(C)C)c1C. The fourth-order valence-corrected chi connectivity index (χ4v) is 2.27. The van der Waals surface area contributed by atoms with Gasteiger partial charge in [0.15, 0.2) is 0 Å². The molecule has 0 saturated carbocycles. The van der Waals surface area contributed by atoms with E-state index in [0.29, 0.717) is 17.9 Å². The fourth-order valence-electron chi connectivity index (χ4n) is 2.27. The molecule has 4 nitrogen and oxygen atoms in total. The van der Waals surface area contributed by atoms with Gasteiger partial charge < -0.3 is 10.6 Å². The summed E-state index contributed by atoms with van der Waals surface area (Å²) in [4.78, 5) is 9.33. The predicted octanol–water partition coefficient (Wildman–Crippen LogP) is 4.19. The van der Waals surface area contributed by atoms with Gasteiger partial charge in [-0.15, -0.1) is 0 Å². The van der Waals surface area contributed by atoms with Gasteiger partial charge in [0.25, 0.3) is 0 Å². The lowest BCUT2D eigenvalue weighted by atomic mass is 10.1. The van der Waals surface area contributed by atoms with Crippen LogP contribution in [0.3, 0.4) is 0 Å². The average molecular weight is 278 g/mol. The standard InChI is InChI=1S/C16H30N4/c1-8-17-15-13(7)16(18-12(6)9-10(2)3)20-14(19-15)11(4)5/h10-12H,8-9H2,1-7H3,(H2,17,18,19,20). The van der Waals surface area contributed by atoms with Gasteiger partial charge in [0.2, 0.25) is 0 Å². The highest BCUT2D eigenvalue weighted by molar-refractivity contribution is 5.57. The molecule has 0 aliphatic rings. The Morgan fingerprint density at radius 2 is 1.60 bits per heavy atom. The molecular weight excluding hydrogens is 248 g/mol. The van der Waals surface area contributed by atoms with Gasteiger partial charge in [-0.05, 0) is 33.1 Å². The molecule has 4 heteroatoms.